The molecular formula is C14H13N5O2S2. The highest BCUT2D eigenvalue weighted by atomic mass is 32.2. The normalized spacial score (nSPS) is 12.0. The first-order chi connectivity index (χ1) is 11.1. The van der Waals surface area contributed by atoms with Gasteiger partial charge in [0.2, 0.25) is 5.91 Å². The third-order valence-electron chi connectivity index (χ3n) is 2.97. The number of thiazole rings is 1. The highest BCUT2D eigenvalue weighted by molar-refractivity contribution is 8.00. The van der Waals surface area contributed by atoms with Crippen molar-refractivity contribution in [3.63, 3.8) is 0 Å². The van der Waals surface area contributed by atoms with Gasteiger partial charge in [0.25, 0.3) is 0 Å². The Kier molecular flexibility index (Phi) is 4.58. The Hall–Kier alpha value is -2.39. The van der Waals surface area contributed by atoms with Gasteiger partial charge in [0.05, 0.1) is 10.9 Å². The predicted molar refractivity (Wildman–Crippen MR) is 90.2 cm³/mol. The molecule has 9 heteroatoms. The number of nitrogens with zero attached hydrogens (tertiary/aromatic N) is 3. The molecule has 0 radical (unpaired) electrons. The van der Waals surface area contributed by atoms with E-state index in [4.69, 9.17) is 0 Å². The Morgan fingerprint density at radius 1 is 1.39 bits per heavy atom. The maximum absolute atomic E-state index is 12.2. The molecule has 0 saturated carbocycles. The lowest BCUT2D eigenvalue weighted by Crippen LogP contribution is -2.23. The molecule has 2 aromatic heterocycles. The third kappa shape index (κ3) is 3.51. The topological polar surface area (TPSA) is 92.7 Å². The Bertz CT molecular complexity index is 842. The lowest BCUT2D eigenvalue weighted by Gasteiger charge is -2.10. The molecule has 1 aromatic carbocycles. The summed E-state index contributed by atoms with van der Waals surface area (Å²) in [6.45, 7) is 1.75. The van der Waals surface area contributed by atoms with Crippen LogP contribution in [0.4, 0.5) is 5.13 Å². The minimum atomic E-state index is -0.434. The molecule has 1 atom stereocenters. The molecule has 0 aliphatic carbocycles. The minimum Gasteiger partial charge on any atom is -0.301 e. The second kappa shape index (κ2) is 6.80. The molecule has 2 N–H and O–H groups in total. The number of amides is 1. The largest absolute Gasteiger partial charge is 0.348 e. The van der Waals surface area contributed by atoms with Crippen LogP contribution in [0.5, 0.6) is 0 Å². The standard InChI is InChI=1S/C14H13N5O2S2/c1-9(11(20)16-12-15-7-8-22-12)23-14-18-17-13(21)19(14)10-5-3-2-4-6-10/h2-9H,1H3,(H,17,21)(H,15,16,20)/t9-/m1/s1. The molecule has 118 valence electrons. The highest BCUT2D eigenvalue weighted by Gasteiger charge is 2.20. The van der Waals surface area contributed by atoms with Crippen LogP contribution in [-0.4, -0.2) is 30.9 Å². The molecule has 0 unspecified atom stereocenters. The molecule has 2 heterocycles. The summed E-state index contributed by atoms with van der Waals surface area (Å²) in [6.07, 6.45) is 1.62. The van der Waals surface area contributed by atoms with Crippen LogP contribution in [0.3, 0.4) is 0 Å². The van der Waals surface area contributed by atoms with E-state index in [2.05, 4.69) is 20.5 Å². The van der Waals surface area contributed by atoms with Gasteiger partial charge < -0.3 is 5.32 Å². The number of carbonyl (C=O) groups is 1. The van der Waals surface area contributed by atoms with Crippen LogP contribution < -0.4 is 11.0 Å². The Labute approximate surface area is 139 Å². The maximum atomic E-state index is 12.2. The van der Waals surface area contributed by atoms with Crippen molar-refractivity contribution in [2.75, 3.05) is 5.32 Å². The third-order valence-corrected chi connectivity index (χ3v) is 4.71. The number of rotatable bonds is 5. The first-order valence-electron chi connectivity index (χ1n) is 6.75. The first-order valence-corrected chi connectivity index (χ1v) is 8.51. The number of nitrogens with one attached hydrogen (secondary N) is 2. The number of para-hydroxylation sites is 1. The van der Waals surface area contributed by atoms with Crippen LogP contribution in [0.15, 0.2) is 51.9 Å². The summed E-state index contributed by atoms with van der Waals surface area (Å²) in [5.41, 5.74) is 0.354. The second-order valence-corrected chi connectivity index (χ2v) is 6.77. The van der Waals surface area contributed by atoms with Crippen molar-refractivity contribution in [2.45, 2.75) is 17.3 Å². The quantitative estimate of drug-likeness (QED) is 0.690. The van der Waals surface area contributed by atoms with E-state index in [-0.39, 0.29) is 11.6 Å². The first kappa shape index (κ1) is 15.5. The summed E-state index contributed by atoms with van der Waals surface area (Å²) >= 11 is 2.55. The molecule has 0 bridgehead atoms. The number of anilines is 1. The van der Waals surface area contributed by atoms with Gasteiger partial charge in [0.1, 0.15) is 0 Å². The number of aromatic amines is 1. The van der Waals surface area contributed by atoms with Crippen molar-refractivity contribution < 1.29 is 4.79 Å². The Morgan fingerprint density at radius 3 is 2.87 bits per heavy atom. The van der Waals surface area contributed by atoms with Crippen molar-refractivity contribution in [3.8, 4) is 5.69 Å². The average molecular weight is 347 g/mol. The number of hydrogen-bond donors (Lipinski definition) is 2. The number of hydrogen-bond acceptors (Lipinski definition) is 6. The van der Waals surface area contributed by atoms with E-state index in [1.807, 2.05) is 18.2 Å². The zero-order chi connectivity index (χ0) is 16.2. The number of aromatic nitrogens is 4. The SMILES string of the molecule is C[C@@H](Sc1n[nH]c(=O)n1-c1ccccc1)C(=O)Nc1nccs1. The van der Waals surface area contributed by atoms with Gasteiger partial charge in [-0.1, -0.05) is 30.0 Å². The van der Waals surface area contributed by atoms with Crippen molar-refractivity contribution in [1.82, 2.24) is 19.7 Å². The van der Waals surface area contributed by atoms with Gasteiger partial charge >= 0.3 is 5.69 Å². The van der Waals surface area contributed by atoms with Crippen LogP contribution in [0, 0.1) is 0 Å². The number of thioether (sulfide) groups is 1. The van der Waals surface area contributed by atoms with E-state index in [0.29, 0.717) is 16.0 Å². The molecule has 3 rings (SSSR count). The number of benzene rings is 1. The van der Waals surface area contributed by atoms with Gasteiger partial charge in [0, 0.05) is 11.6 Å². The molecule has 0 aliphatic rings. The van der Waals surface area contributed by atoms with Crippen molar-refractivity contribution in [3.05, 3.63) is 52.4 Å². The lowest BCUT2D eigenvalue weighted by atomic mass is 10.3. The van der Waals surface area contributed by atoms with Crippen LogP contribution in [0.2, 0.25) is 0 Å². The number of carbonyl (C=O) groups excluding carboxylic acids is 1. The fourth-order valence-electron chi connectivity index (χ4n) is 1.87. The average Bonchev–Trinajstić information content (AvgIpc) is 3.18. The molecule has 7 nitrogen and oxygen atoms in total. The Balaban J connectivity index is 1.78. The zero-order valence-electron chi connectivity index (χ0n) is 12.1. The van der Waals surface area contributed by atoms with Crippen LogP contribution >= 0.6 is 23.1 Å². The van der Waals surface area contributed by atoms with E-state index in [1.54, 1.807) is 30.6 Å². The predicted octanol–water partition coefficient (Wildman–Crippen LogP) is 2.14. The smallest absolute Gasteiger partial charge is 0.301 e. The van der Waals surface area contributed by atoms with E-state index in [0.717, 1.165) is 0 Å². The molecular weight excluding hydrogens is 334 g/mol. The van der Waals surface area contributed by atoms with E-state index in [9.17, 15) is 9.59 Å². The van der Waals surface area contributed by atoms with Crippen molar-refractivity contribution >= 4 is 34.1 Å². The summed E-state index contributed by atoms with van der Waals surface area (Å²) < 4.78 is 1.44. The summed E-state index contributed by atoms with van der Waals surface area (Å²) in [5, 5.41) is 11.5. The Morgan fingerprint density at radius 2 is 2.17 bits per heavy atom. The van der Waals surface area contributed by atoms with Crippen molar-refractivity contribution in [1.29, 1.82) is 0 Å². The van der Waals surface area contributed by atoms with Crippen LogP contribution in [-0.2, 0) is 4.79 Å². The van der Waals surface area contributed by atoms with E-state index >= 15 is 0 Å². The molecule has 0 spiro atoms. The minimum absolute atomic E-state index is 0.194. The molecule has 3 aromatic rings. The van der Waals surface area contributed by atoms with E-state index in [1.165, 1.54) is 27.7 Å². The molecule has 0 aliphatic heterocycles. The van der Waals surface area contributed by atoms with Gasteiger partial charge in [-0.25, -0.2) is 19.4 Å². The van der Waals surface area contributed by atoms with Crippen LogP contribution in [0.25, 0.3) is 5.69 Å². The molecule has 0 saturated heterocycles. The van der Waals surface area contributed by atoms with Gasteiger partial charge in [-0.15, -0.1) is 16.4 Å². The summed E-state index contributed by atoms with van der Waals surface area (Å²) in [4.78, 5) is 28.2. The lowest BCUT2D eigenvalue weighted by molar-refractivity contribution is -0.115. The summed E-state index contributed by atoms with van der Waals surface area (Å²) in [5.74, 6) is -0.194. The molecule has 1 amide bonds. The molecule has 23 heavy (non-hydrogen) atoms. The molecule has 0 fully saturated rings. The fourth-order valence-corrected chi connectivity index (χ4v) is 3.28. The summed E-state index contributed by atoms with van der Waals surface area (Å²) in [7, 11) is 0. The van der Waals surface area contributed by atoms with Gasteiger partial charge in [-0.3, -0.25) is 4.79 Å². The van der Waals surface area contributed by atoms with Gasteiger partial charge in [-0.05, 0) is 19.1 Å². The fraction of sp³-hybridized carbons (Fsp3) is 0.143. The summed E-state index contributed by atoms with van der Waals surface area (Å²) in [6, 6.07) is 9.15. The monoisotopic (exact) mass is 347 g/mol. The zero-order valence-corrected chi connectivity index (χ0v) is 13.7. The van der Waals surface area contributed by atoms with Gasteiger partial charge in [-0.2, -0.15) is 0 Å². The van der Waals surface area contributed by atoms with Crippen molar-refractivity contribution in [2.24, 2.45) is 0 Å². The second-order valence-electron chi connectivity index (χ2n) is 4.57. The highest BCUT2D eigenvalue weighted by Crippen LogP contribution is 2.23. The van der Waals surface area contributed by atoms with Crippen LogP contribution in [0.1, 0.15) is 6.92 Å². The van der Waals surface area contributed by atoms with E-state index < -0.39 is 5.25 Å². The number of H-pyrrole nitrogens is 1. The maximum Gasteiger partial charge on any atom is 0.348 e. The van der Waals surface area contributed by atoms with Gasteiger partial charge in [0.15, 0.2) is 10.3 Å².